The summed E-state index contributed by atoms with van der Waals surface area (Å²) in [6.07, 6.45) is -0.816. The van der Waals surface area contributed by atoms with E-state index in [1.807, 2.05) is 13.8 Å². The molecule has 1 amide bonds. The number of hydrogen-bond acceptors (Lipinski definition) is 4. The van der Waals surface area contributed by atoms with Gasteiger partial charge in [0.1, 0.15) is 0 Å². The van der Waals surface area contributed by atoms with Crippen LogP contribution in [0.3, 0.4) is 0 Å². The van der Waals surface area contributed by atoms with Crippen molar-refractivity contribution in [2.45, 2.75) is 26.9 Å². The molecular formula is C14H20N2O3. The van der Waals surface area contributed by atoms with Crippen molar-refractivity contribution < 1.29 is 14.3 Å². The number of esters is 1. The first kappa shape index (κ1) is 15.0. The summed E-state index contributed by atoms with van der Waals surface area (Å²) in [5, 5.41) is 2.71. The van der Waals surface area contributed by atoms with Crippen molar-refractivity contribution in [1.82, 2.24) is 5.32 Å². The summed E-state index contributed by atoms with van der Waals surface area (Å²) in [5.41, 5.74) is 6.47. The van der Waals surface area contributed by atoms with E-state index in [1.165, 1.54) is 0 Å². The maximum absolute atomic E-state index is 11.8. The molecule has 0 aliphatic rings. The Morgan fingerprint density at radius 2 is 1.79 bits per heavy atom. The number of anilines is 1. The highest BCUT2D eigenvalue weighted by Crippen LogP contribution is 2.08. The molecule has 3 N–H and O–H groups in total. The van der Waals surface area contributed by atoms with Gasteiger partial charge in [0.05, 0.1) is 5.56 Å². The number of amides is 1. The monoisotopic (exact) mass is 264 g/mol. The van der Waals surface area contributed by atoms with Gasteiger partial charge in [-0.1, -0.05) is 13.8 Å². The first-order valence-electron chi connectivity index (χ1n) is 6.24. The Balaban J connectivity index is 2.51. The van der Waals surface area contributed by atoms with Crippen molar-refractivity contribution in [2.75, 3.05) is 12.3 Å². The highest BCUT2D eigenvalue weighted by Gasteiger charge is 2.18. The lowest BCUT2D eigenvalue weighted by atomic mass is 10.2. The molecule has 0 radical (unpaired) electrons. The number of carbonyl (C=O) groups excluding carboxylic acids is 2. The lowest BCUT2D eigenvalue weighted by Crippen LogP contribution is -2.37. The topological polar surface area (TPSA) is 81.4 Å². The quantitative estimate of drug-likeness (QED) is 0.625. The van der Waals surface area contributed by atoms with Gasteiger partial charge < -0.3 is 15.8 Å². The minimum absolute atomic E-state index is 0.294. The van der Waals surface area contributed by atoms with Crippen LogP contribution in [0.2, 0.25) is 0 Å². The Morgan fingerprint density at radius 1 is 1.21 bits per heavy atom. The molecule has 1 unspecified atom stereocenters. The fraction of sp³-hybridized carbons (Fsp3) is 0.429. The Hall–Kier alpha value is -2.04. The molecule has 19 heavy (non-hydrogen) atoms. The van der Waals surface area contributed by atoms with Crippen LogP contribution in [0.15, 0.2) is 24.3 Å². The van der Waals surface area contributed by atoms with Gasteiger partial charge in [-0.2, -0.15) is 0 Å². The summed E-state index contributed by atoms with van der Waals surface area (Å²) in [7, 11) is 0. The first-order valence-corrected chi connectivity index (χ1v) is 6.24. The molecule has 0 saturated heterocycles. The maximum atomic E-state index is 11.8. The van der Waals surface area contributed by atoms with E-state index in [1.54, 1.807) is 31.2 Å². The number of benzene rings is 1. The summed E-state index contributed by atoms with van der Waals surface area (Å²) >= 11 is 0. The molecule has 5 heteroatoms. The molecular weight excluding hydrogens is 244 g/mol. The summed E-state index contributed by atoms with van der Waals surface area (Å²) in [6, 6.07) is 6.35. The van der Waals surface area contributed by atoms with Gasteiger partial charge in [0.25, 0.3) is 5.91 Å². The Bertz CT molecular complexity index is 441. The highest BCUT2D eigenvalue weighted by molar-refractivity contribution is 5.92. The van der Waals surface area contributed by atoms with Crippen molar-refractivity contribution in [2.24, 2.45) is 5.92 Å². The average Bonchev–Trinajstić information content (AvgIpc) is 2.36. The number of ether oxygens (including phenoxy) is 1. The van der Waals surface area contributed by atoms with E-state index in [4.69, 9.17) is 10.5 Å². The molecule has 0 fully saturated rings. The largest absolute Gasteiger partial charge is 0.449 e. The Kier molecular flexibility index (Phi) is 5.36. The average molecular weight is 264 g/mol. The van der Waals surface area contributed by atoms with Gasteiger partial charge in [0.15, 0.2) is 6.10 Å². The van der Waals surface area contributed by atoms with E-state index >= 15 is 0 Å². The van der Waals surface area contributed by atoms with Gasteiger partial charge in [-0.25, -0.2) is 4.79 Å². The molecule has 5 nitrogen and oxygen atoms in total. The van der Waals surface area contributed by atoms with Gasteiger partial charge in [-0.3, -0.25) is 4.79 Å². The lowest BCUT2D eigenvalue weighted by molar-refractivity contribution is -0.129. The van der Waals surface area contributed by atoms with E-state index in [9.17, 15) is 9.59 Å². The standard InChI is InChI=1S/C14H20N2O3/c1-9(2)8-16-13(17)10(3)19-14(18)11-4-6-12(15)7-5-11/h4-7,9-10H,8,15H2,1-3H3,(H,16,17). The van der Waals surface area contributed by atoms with Crippen molar-refractivity contribution in [3.05, 3.63) is 29.8 Å². The zero-order chi connectivity index (χ0) is 14.4. The summed E-state index contributed by atoms with van der Waals surface area (Å²) in [4.78, 5) is 23.4. The van der Waals surface area contributed by atoms with Crippen molar-refractivity contribution in [3.8, 4) is 0 Å². The van der Waals surface area contributed by atoms with Crippen molar-refractivity contribution in [1.29, 1.82) is 0 Å². The molecule has 0 aromatic heterocycles. The fourth-order valence-corrected chi connectivity index (χ4v) is 1.35. The van der Waals surface area contributed by atoms with Crippen LogP contribution in [0.5, 0.6) is 0 Å². The lowest BCUT2D eigenvalue weighted by Gasteiger charge is -2.14. The van der Waals surface area contributed by atoms with Gasteiger partial charge in [0, 0.05) is 12.2 Å². The Morgan fingerprint density at radius 3 is 2.32 bits per heavy atom. The fourth-order valence-electron chi connectivity index (χ4n) is 1.35. The Labute approximate surface area is 113 Å². The van der Waals surface area contributed by atoms with E-state index in [0.717, 1.165) is 0 Å². The van der Waals surface area contributed by atoms with E-state index in [-0.39, 0.29) is 5.91 Å². The van der Waals surface area contributed by atoms with E-state index in [0.29, 0.717) is 23.7 Å². The molecule has 0 saturated carbocycles. The number of rotatable bonds is 5. The number of nitrogen functional groups attached to an aromatic ring is 1. The number of hydrogen-bond donors (Lipinski definition) is 2. The minimum atomic E-state index is -0.816. The van der Waals surface area contributed by atoms with Crippen LogP contribution in [0, 0.1) is 5.92 Å². The van der Waals surface area contributed by atoms with Crippen LogP contribution in [-0.4, -0.2) is 24.5 Å². The smallest absolute Gasteiger partial charge is 0.338 e. The highest BCUT2D eigenvalue weighted by atomic mass is 16.5. The molecule has 1 aromatic rings. The van der Waals surface area contributed by atoms with Crippen molar-refractivity contribution in [3.63, 3.8) is 0 Å². The molecule has 1 atom stereocenters. The van der Waals surface area contributed by atoms with Gasteiger partial charge in [0.2, 0.25) is 0 Å². The second kappa shape index (κ2) is 6.78. The van der Waals surface area contributed by atoms with Crippen LogP contribution in [-0.2, 0) is 9.53 Å². The van der Waals surface area contributed by atoms with Crippen LogP contribution >= 0.6 is 0 Å². The van der Waals surface area contributed by atoms with Gasteiger partial charge in [-0.15, -0.1) is 0 Å². The number of carbonyl (C=O) groups is 2. The zero-order valence-corrected chi connectivity index (χ0v) is 11.5. The first-order chi connectivity index (χ1) is 8.90. The molecule has 0 spiro atoms. The van der Waals surface area contributed by atoms with E-state index in [2.05, 4.69) is 5.32 Å². The minimum Gasteiger partial charge on any atom is -0.449 e. The van der Waals surface area contributed by atoms with Crippen molar-refractivity contribution >= 4 is 17.6 Å². The maximum Gasteiger partial charge on any atom is 0.338 e. The molecule has 0 heterocycles. The van der Waals surface area contributed by atoms with Gasteiger partial charge >= 0.3 is 5.97 Å². The number of nitrogens with two attached hydrogens (primary N) is 1. The summed E-state index contributed by atoms with van der Waals surface area (Å²) in [5.74, 6) is -0.478. The normalized spacial score (nSPS) is 12.0. The third-order valence-electron chi connectivity index (χ3n) is 2.48. The van der Waals surface area contributed by atoms with Crippen LogP contribution in [0.25, 0.3) is 0 Å². The summed E-state index contributed by atoms with van der Waals surface area (Å²) < 4.78 is 5.08. The molecule has 1 aromatic carbocycles. The number of nitrogens with one attached hydrogen (secondary N) is 1. The molecule has 0 bridgehead atoms. The second-order valence-electron chi connectivity index (χ2n) is 4.81. The third-order valence-corrected chi connectivity index (χ3v) is 2.48. The SMILES string of the molecule is CC(C)CNC(=O)C(C)OC(=O)c1ccc(N)cc1. The van der Waals surface area contributed by atoms with Crippen LogP contribution in [0.4, 0.5) is 5.69 Å². The van der Waals surface area contributed by atoms with E-state index < -0.39 is 12.1 Å². The zero-order valence-electron chi connectivity index (χ0n) is 11.5. The predicted octanol–water partition coefficient (Wildman–Crippen LogP) is 1.59. The second-order valence-corrected chi connectivity index (χ2v) is 4.81. The third kappa shape index (κ3) is 4.99. The molecule has 0 aliphatic carbocycles. The summed E-state index contributed by atoms with van der Waals surface area (Å²) in [6.45, 7) is 6.09. The van der Waals surface area contributed by atoms with Crippen LogP contribution in [0.1, 0.15) is 31.1 Å². The van der Waals surface area contributed by atoms with Crippen LogP contribution < -0.4 is 11.1 Å². The molecule has 0 aliphatic heterocycles. The van der Waals surface area contributed by atoms with Gasteiger partial charge in [-0.05, 0) is 37.1 Å². The molecule has 1 rings (SSSR count). The molecule has 104 valence electrons. The predicted molar refractivity (Wildman–Crippen MR) is 73.6 cm³/mol.